The molecule has 5 rings (SSSR count). The van der Waals surface area contributed by atoms with Crippen molar-refractivity contribution in [2.24, 2.45) is 0 Å². The van der Waals surface area contributed by atoms with Gasteiger partial charge in [0.25, 0.3) is 5.91 Å². The molecule has 2 bridgehead atoms. The smallest absolute Gasteiger partial charge is 0.254 e. The van der Waals surface area contributed by atoms with Gasteiger partial charge in [-0.1, -0.05) is 35.9 Å². The highest BCUT2D eigenvalue weighted by atomic mass is 35.5. The van der Waals surface area contributed by atoms with Crippen molar-refractivity contribution in [2.45, 2.75) is 54.5 Å². The van der Waals surface area contributed by atoms with Crippen LogP contribution in [-0.2, 0) is 5.75 Å². The Labute approximate surface area is 207 Å². The van der Waals surface area contributed by atoms with Gasteiger partial charge < -0.3 is 9.64 Å². The molecule has 3 aromatic carbocycles. The van der Waals surface area contributed by atoms with Gasteiger partial charge in [-0.05, 0) is 54.8 Å². The number of halogens is 3. The number of fused-ring (bicyclic) bond motifs is 2. The van der Waals surface area contributed by atoms with Crippen molar-refractivity contribution in [1.82, 2.24) is 4.90 Å². The molecule has 176 valence electrons. The lowest BCUT2D eigenvalue weighted by Gasteiger charge is -2.39. The van der Waals surface area contributed by atoms with E-state index in [0.29, 0.717) is 18.4 Å². The third-order valence-electron chi connectivity index (χ3n) is 6.54. The van der Waals surface area contributed by atoms with Gasteiger partial charge in [-0.3, -0.25) is 4.79 Å². The molecule has 0 aromatic heterocycles. The van der Waals surface area contributed by atoms with E-state index in [1.54, 1.807) is 11.8 Å². The number of amides is 1. The Balaban J connectivity index is 1.21. The standard InChI is InChI=1S/C27H24ClF2NO2S/c28-23-3-1-2-4-26(23)34-16-17-5-7-18(8-6-17)27(32)31-20-10-11-21(31)15-22(14-20)33-25-12-9-19(29)13-24(25)30/h1-9,12-13,20-22H,10-11,14-16H2/t20-,21-/m0/s1. The molecule has 0 N–H and O–H groups in total. The van der Waals surface area contributed by atoms with Gasteiger partial charge in [0.2, 0.25) is 0 Å². The van der Waals surface area contributed by atoms with Gasteiger partial charge in [0.1, 0.15) is 11.9 Å². The largest absolute Gasteiger partial charge is 0.487 e. The number of ether oxygens (including phenoxy) is 1. The summed E-state index contributed by atoms with van der Waals surface area (Å²) in [5, 5.41) is 0.740. The average molecular weight is 500 g/mol. The zero-order valence-corrected chi connectivity index (χ0v) is 20.0. The fourth-order valence-corrected chi connectivity index (χ4v) is 6.12. The predicted molar refractivity (Wildman–Crippen MR) is 130 cm³/mol. The molecule has 3 nitrogen and oxygen atoms in total. The number of rotatable bonds is 6. The van der Waals surface area contributed by atoms with Crippen LogP contribution in [0.4, 0.5) is 8.78 Å². The first-order valence-corrected chi connectivity index (χ1v) is 12.7. The van der Waals surface area contributed by atoms with E-state index in [0.717, 1.165) is 40.1 Å². The van der Waals surface area contributed by atoms with Crippen LogP contribution in [0.3, 0.4) is 0 Å². The molecule has 0 spiro atoms. The summed E-state index contributed by atoms with van der Waals surface area (Å²) >= 11 is 7.90. The van der Waals surface area contributed by atoms with Crippen LogP contribution in [-0.4, -0.2) is 29.0 Å². The van der Waals surface area contributed by atoms with E-state index in [1.807, 2.05) is 53.4 Å². The molecular weight excluding hydrogens is 476 g/mol. The number of piperidine rings is 1. The van der Waals surface area contributed by atoms with Crippen molar-refractivity contribution >= 4 is 29.3 Å². The monoisotopic (exact) mass is 499 g/mol. The van der Waals surface area contributed by atoms with E-state index in [9.17, 15) is 13.6 Å². The van der Waals surface area contributed by atoms with Gasteiger partial charge in [-0.2, -0.15) is 0 Å². The normalized spacial score (nSPS) is 21.5. The Bertz CT molecular complexity index is 1180. The summed E-state index contributed by atoms with van der Waals surface area (Å²) in [6, 6.07) is 19.0. The average Bonchev–Trinajstić information content (AvgIpc) is 3.10. The van der Waals surface area contributed by atoms with Crippen LogP contribution < -0.4 is 4.74 Å². The van der Waals surface area contributed by atoms with E-state index >= 15 is 0 Å². The van der Waals surface area contributed by atoms with Gasteiger partial charge in [-0.25, -0.2) is 8.78 Å². The SMILES string of the molecule is O=C(c1ccc(CSc2ccccc2Cl)cc1)N1[C@H]2CC[C@H]1CC(Oc1ccc(F)cc1F)C2. The molecule has 2 saturated heterocycles. The molecule has 7 heteroatoms. The third-order valence-corrected chi connectivity index (χ3v) is 8.13. The van der Waals surface area contributed by atoms with Crippen molar-refractivity contribution in [1.29, 1.82) is 0 Å². The summed E-state index contributed by atoms with van der Waals surface area (Å²) < 4.78 is 33.0. The molecule has 2 heterocycles. The van der Waals surface area contributed by atoms with Crippen LogP contribution in [0.15, 0.2) is 71.6 Å². The molecule has 1 amide bonds. The minimum atomic E-state index is -0.696. The fraction of sp³-hybridized carbons (Fsp3) is 0.296. The lowest BCUT2D eigenvalue weighted by Crippen LogP contribution is -2.49. The van der Waals surface area contributed by atoms with Gasteiger partial charge in [0.05, 0.1) is 5.02 Å². The van der Waals surface area contributed by atoms with Crippen LogP contribution in [0.2, 0.25) is 5.02 Å². The van der Waals surface area contributed by atoms with E-state index in [-0.39, 0.29) is 29.8 Å². The van der Waals surface area contributed by atoms with Crippen LogP contribution >= 0.6 is 23.4 Å². The highest BCUT2D eigenvalue weighted by molar-refractivity contribution is 7.98. The molecule has 0 aliphatic carbocycles. The third kappa shape index (κ3) is 4.93. The summed E-state index contributed by atoms with van der Waals surface area (Å²) in [6.45, 7) is 0. The first kappa shape index (κ1) is 23.2. The van der Waals surface area contributed by atoms with E-state index in [1.165, 1.54) is 12.1 Å². The van der Waals surface area contributed by atoms with E-state index < -0.39 is 11.6 Å². The van der Waals surface area contributed by atoms with Crippen molar-refractivity contribution < 1.29 is 18.3 Å². The Morgan fingerprint density at radius 2 is 1.71 bits per heavy atom. The molecule has 3 aromatic rings. The minimum Gasteiger partial charge on any atom is -0.487 e. The second kappa shape index (κ2) is 9.96. The fourth-order valence-electron chi connectivity index (χ4n) is 4.92. The number of hydrogen-bond donors (Lipinski definition) is 0. The molecule has 2 aliphatic heterocycles. The molecule has 2 fully saturated rings. The number of nitrogens with zero attached hydrogens (tertiary/aromatic N) is 1. The lowest BCUT2D eigenvalue weighted by atomic mass is 9.98. The van der Waals surface area contributed by atoms with Gasteiger partial charge >= 0.3 is 0 Å². The molecule has 2 aliphatic rings. The first-order chi connectivity index (χ1) is 16.5. The highest BCUT2D eigenvalue weighted by Gasteiger charge is 2.44. The second-order valence-corrected chi connectivity index (χ2v) is 10.2. The Morgan fingerprint density at radius 3 is 2.38 bits per heavy atom. The van der Waals surface area contributed by atoms with Crippen LogP contribution in [0, 0.1) is 11.6 Å². The zero-order valence-electron chi connectivity index (χ0n) is 18.4. The maximum absolute atomic E-state index is 14.0. The van der Waals surface area contributed by atoms with Crippen molar-refractivity contribution in [3.05, 3.63) is 94.5 Å². The second-order valence-electron chi connectivity index (χ2n) is 8.80. The van der Waals surface area contributed by atoms with Crippen molar-refractivity contribution in [2.75, 3.05) is 0 Å². The highest BCUT2D eigenvalue weighted by Crippen LogP contribution is 2.39. The molecule has 0 radical (unpaired) electrons. The van der Waals surface area contributed by atoms with Crippen molar-refractivity contribution in [3.63, 3.8) is 0 Å². The number of carbonyl (C=O) groups is 1. The number of carbonyl (C=O) groups excluding carboxylic acids is 1. The Hall–Kier alpha value is -2.57. The quantitative estimate of drug-likeness (QED) is 0.338. The van der Waals surface area contributed by atoms with Gasteiger partial charge in [0, 0.05) is 47.2 Å². The summed E-state index contributed by atoms with van der Waals surface area (Å²) in [5.74, 6) is -0.455. The summed E-state index contributed by atoms with van der Waals surface area (Å²) in [4.78, 5) is 16.3. The summed E-state index contributed by atoms with van der Waals surface area (Å²) in [6.07, 6.45) is 2.92. The lowest BCUT2D eigenvalue weighted by molar-refractivity contribution is 0.0349. The maximum atomic E-state index is 14.0. The van der Waals surface area contributed by atoms with E-state index in [2.05, 4.69) is 0 Å². The Kier molecular flexibility index (Phi) is 6.79. The maximum Gasteiger partial charge on any atom is 0.254 e. The first-order valence-electron chi connectivity index (χ1n) is 11.4. The number of hydrogen-bond acceptors (Lipinski definition) is 3. The Morgan fingerprint density at radius 1 is 1.00 bits per heavy atom. The van der Waals surface area contributed by atoms with E-state index in [4.69, 9.17) is 16.3 Å². The summed E-state index contributed by atoms with van der Waals surface area (Å²) in [7, 11) is 0. The summed E-state index contributed by atoms with van der Waals surface area (Å²) in [5.41, 5.74) is 1.80. The van der Waals surface area contributed by atoms with Gasteiger partial charge in [-0.15, -0.1) is 11.8 Å². The number of benzene rings is 3. The predicted octanol–water partition coefficient (Wildman–Crippen LogP) is 7.13. The zero-order chi connectivity index (χ0) is 23.7. The topological polar surface area (TPSA) is 29.5 Å². The minimum absolute atomic E-state index is 0.0317. The molecule has 0 saturated carbocycles. The van der Waals surface area contributed by atoms with Crippen LogP contribution in [0.5, 0.6) is 5.75 Å². The van der Waals surface area contributed by atoms with Crippen LogP contribution in [0.25, 0.3) is 0 Å². The van der Waals surface area contributed by atoms with Crippen LogP contribution in [0.1, 0.15) is 41.6 Å². The van der Waals surface area contributed by atoms with Gasteiger partial charge in [0.15, 0.2) is 11.6 Å². The number of thioether (sulfide) groups is 1. The molecule has 2 atom stereocenters. The molecule has 34 heavy (non-hydrogen) atoms. The van der Waals surface area contributed by atoms with Crippen molar-refractivity contribution in [3.8, 4) is 5.75 Å². The molecule has 0 unspecified atom stereocenters. The molecular formula is C27H24ClF2NO2S.